The molecule has 0 amide bonds. The lowest BCUT2D eigenvalue weighted by Gasteiger charge is -2.13. The normalized spacial score (nSPS) is 14.2. The molecule has 0 aliphatic carbocycles. The molecule has 2 rings (SSSR count). The molecular weight excluding hydrogens is 277 g/mol. The Balaban J connectivity index is 1.94. The predicted molar refractivity (Wildman–Crippen MR) is 76.6 cm³/mol. The van der Waals surface area contributed by atoms with Crippen molar-refractivity contribution in [3.8, 4) is 0 Å². The zero-order chi connectivity index (χ0) is 14.5. The summed E-state index contributed by atoms with van der Waals surface area (Å²) in [4.78, 5) is 0. The third-order valence-electron chi connectivity index (χ3n) is 3.24. The van der Waals surface area contributed by atoms with E-state index < -0.39 is 0 Å². The third kappa shape index (κ3) is 3.80. The van der Waals surface area contributed by atoms with Gasteiger partial charge in [-0.1, -0.05) is 44.2 Å². The van der Waals surface area contributed by atoms with Crippen LogP contribution in [0.1, 0.15) is 37.8 Å². The van der Waals surface area contributed by atoms with Crippen LogP contribution in [0.5, 0.6) is 0 Å². The van der Waals surface area contributed by atoms with E-state index in [9.17, 15) is 4.39 Å². The smallest absolute Gasteiger partial charge is 0.276 e. The second-order valence-corrected chi connectivity index (χ2v) is 5.66. The van der Waals surface area contributed by atoms with Crippen LogP contribution in [-0.4, -0.2) is 10.2 Å². The molecule has 0 bridgehead atoms. The summed E-state index contributed by atoms with van der Waals surface area (Å²) in [6, 6.07) is 6.13. The fourth-order valence-corrected chi connectivity index (χ4v) is 2.36. The Bertz CT molecular complexity index is 544. The van der Waals surface area contributed by atoms with Gasteiger partial charge in [0.25, 0.3) is 5.22 Å². The van der Waals surface area contributed by atoms with Gasteiger partial charge < -0.3 is 10.2 Å². The lowest BCUT2D eigenvalue weighted by atomic mass is 10.0. The molecule has 2 aromatic rings. The summed E-state index contributed by atoms with van der Waals surface area (Å²) in [5.41, 5.74) is 7.04. The van der Waals surface area contributed by atoms with E-state index >= 15 is 0 Å². The van der Waals surface area contributed by atoms with Crippen molar-refractivity contribution >= 4 is 11.8 Å². The summed E-state index contributed by atoms with van der Waals surface area (Å²) < 4.78 is 18.3. The molecule has 6 heteroatoms. The van der Waals surface area contributed by atoms with Crippen LogP contribution in [0, 0.1) is 11.7 Å². The Morgan fingerprint density at radius 2 is 2.00 bits per heavy atom. The minimum atomic E-state index is -0.238. The van der Waals surface area contributed by atoms with Gasteiger partial charge in [-0.2, -0.15) is 0 Å². The first-order chi connectivity index (χ1) is 9.60. The minimum absolute atomic E-state index is 0.229. The fraction of sp³-hybridized carbons (Fsp3) is 0.429. The van der Waals surface area contributed by atoms with E-state index in [0.29, 0.717) is 22.8 Å². The van der Waals surface area contributed by atoms with Gasteiger partial charge in [-0.15, -0.1) is 10.2 Å². The summed E-state index contributed by atoms with van der Waals surface area (Å²) in [6.45, 7) is 4.13. The molecule has 1 aromatic carbocycles. The number of hydrogen-bond acceptors (Lipinski definition) is 5. The van der Waals surface area contributed by atoms with E-state index in [1.165, 1.54) is 23.9 Å². The van der Waals surface area contributed by atoms with E-state index in [1.807, 2.05) is 0 Å². The van der Waals surface area contributed by atoms with Gasteiger partial charge in [0.15, 0.2) is 0 Å². The largest absolute Gasteiger partial charge is 0.414 e. The highest BCUT2D eigenvalue weighted by Crippen LogP contribution is 2.26. The summed E-state index contributed by atoms with van der Waals surface area (Å²) in [7, 11) is 0. The number of nitrogens with zero attached hydrogens (tertiary/aromatic N) is 2. The quantitative estimate of drug-likeness (QED) is 0.826. The average Bonchev–Trinajstić information content (AvgIpc) is 2.94. The topological polar surface area (TPSA) is 64.9 Å². The highest BCUT2D eigenvalue weighted by atomic mass is 32.2. The SMILES string of the molecule is CC[C@H](C)[C@H](N)c1nnc(SCc2ccc(F)cc2)o1. The number of benzene rings is 1. The first kappa shape index (κ1) is 15.0. The highest BCUT2D eigenvalue weighted by molar-refractivity contribution is 7.98. The maximum absolute atomic E-state index is 12.8. The minimum Gasteiger partial charge on any atom is -0.414 e. The van der Waals surface area contributed by atoms with Gasteiger partial charge in [0.2, 0.25) is 5.89 Å². The van der Waals surface area contributed by atoms with E-state index in [1.54, 1.807) is 12.1 Å². The summed E-state index contributed by atoms with van der Waals surface area (Å²) >= 11 is 1.42. The molecule has 20 heavy (non-hydrogen) atoms. The van der Waals surface area contributed by atoms with Gasteiger partial charge >= 0.3 is 0 Å². The van der Waals surface area contributed by atoms with Crippen LogP contribution in [0.3, 0.4) is 0 Å². The maximum atomic E-state index is 12.8. The Morgan fingerprint density at radius 1 is 1.30 bits per heavy atom. The van der Waals surface area contributed by atoms with Crippen molar-refractivity contribution in [3.05, 3.63) is 41.5 Å². The monoisotopic (exact) mass is 295 g/mol. The Labute approximate surface area is 122 Å². The van der Waals surface area contributed by atoms with Crippen molar-refractivity contribution in [2.45, 2.75) is 37.3 Å². The summed E-state index contributed by atoms with van der Waals surface area (Å²) in [6.07, 6.45) is 0.960. The Hall–Kier alpha value is -1.40. The van der Waals surface area contributed by atoms with Crippen molar-refractivity contribution in [1.82, 2.24) is 10.2 Å². The molecule has 0 fully saturated rings. The molecule has 0 spiro atoms. The number of rotatable bonds is 6. The molecule has 2 atom stereocenters. The van der Waals surface area contributed by atoms with E-state index in [-0.39, 0.29) is 11.9 Å². The standard InChI is InChI=1S/C14H18FN3OS/c1-3-9(2)12(16)13-17-18-14(19-13)20-8-10-4-6-11(15)7-5-10/h4-7,9,12H,3,8,16H2,1-2H3/t9-,12-/m0/s1. The average molecular weight is 295 g/mol. The molecule has 1 aromatic heterocycles. The molecule has 0 unspecified atom stereocenters. The van der Waals surface area contributed by atoms with Gasteiger partial charge in [0.1, 0.15) is 5.82 Å². The lowest BCUT2D eigenvalue weighted by Crippen LogP contribution is -2.18. The van der Waals surface area contributed by atoms with Crippen LogP contribution in [-0.2, 0) is 5.75 Å². The van der Waals surface area contributed by atoms with Crippen LogP contribution < -0.4 is 5.73 Å². The van der Waals surface area contributed by atoms with Crippen molar-refractivity contribution < 1.29 is 8.81 Å². The first-order valence-corrected chi connectivity index (χ1v) is 7.55. The predicted octanol–water partition coefficient (Wildman–Crippen LogP) is 3.55. The molecule has 0 aliphatic rings. The number of halogens is 1. The lowest BCUT2D eigenvalue weighted by molar-refractivity contribution is 0.333. The van der Waals surface area contributed by atoms with Crippen molar-refractivity contribution in [1.29, 1.82) is 0 Å². The van der Waals surface area contributed by atoms with Crippen LogP contribution in [0.15, 0.2) is 33.9 Å². The Morgan fingerprint density at radius 3 is 2.65 bits per heavy atom. The molecule has 0 saturated carbocycles. The van der Waals surface area contributed by atoms with Crippen LogP contribution >= 0.6 is 11.8 Å². The maximum Gasteiger partial charge on any atom is 0.276 e. The molecule has 0 aliphatic heterocycles. The number of thioether (sulfide) groups is 1. The number of nitrogens with two attached hydrogens (primary N) is 1. The molecule has 108 valence electrons. The molecule has 4 nitrogen and oxygen atoms in total. The van der Waals surface area contributed by atoms with E-state index in [4.69, 9.17) is 10.2 Å². The van der Waals surface area contributed by atoms with Crippen molar-refractivity contribution in [3.63, 3.8) is 0 Å². The van der Waals surface area contributed by atoms with Crippen molar-refractivity contribution in [2.75, 3.05) is 0 Å². The molecule has 1 heterocycles. The summed E-state index contributed by atoms with van der Waals surface area (Å²) in [5.74, 6) is 1.19. The first-order valence-electron chi connectivity index (χ1n) is 6.56. The Kier molecular flexibility index (Phi) is 5.14. The molecule has 2 N–H and O–H groups in total. The zero-order valence-corrected chi connectivity index (χ0v) is 12.4. The van der Waals surface area contributed by atoms with Gasteiger partial charge in [0.05, 0.1) is 6.04 Å². The zero-order valence-electron chi connectivity index (χ0n) is 11.5. The van der Waals surface area contributed by atoms with Gasteiger partial charge in [-0.25, -0.2) is 4.39 Å². The second kappa shape index (κ2) is 6.85. The summed E-state index contributed by atoms with van der Waals surface area (Å²) in [5, 5.41) is 8.46. The van der Waals surface area contributed by atoms with Gasteiger partial charge in [-0.3, -0.25) is 0 Å². The third-order valence-corrected chi connectivity index (χ3v) is 4.13. The molecular formula is C14H18FN3OS. The van der Waals surface area contributed by atoms with E-state index in [2.05, 4.69) is 24.0 Å². The van der Waals surface area contributed by atoms with Crippen molar-refractivity contribution in [2.24, 2.45) is 11.7 Å². The fourth-order valence-electron chi connectivity index (χ4n) is 1.64. The second-order valence-electron chi connectivity index (χ2n) is 4.73. The van der Waals surface area contributed by atoms with Crippen LogP contribution in [0.25, 0.3) is 0 Å². The number of aromatic nitrogens is 2. The molecule has 0 radical (unpaired) electrons. The van der Waals surface area contributed by atoms with Gasteiger partial charge in [0, 0.05) is 5.75 Å². The van der Waals surface area contributed by atoms with Gasteiger partial charge in [-0.05, 0) is 23.6 Å². The van der Waals surface area contributed by atoms with Crippen LogP contribution in [0.4, 0.5) is 4.39 Å². The van der Waals surface area contributed by atoms with E-state index in [0.717, 1.165) is 12.0 Å². The molecule has 0 saturated heterocycles. The number of hydrogen-bond donors (Lipinski definition) is 1. The van der Waals surface area contributed by atoms with Crippen LogP contribution in [0.2, 0.25) is 0 Å². The highest BCUT2D eigenvalue weighted by Gasteiger charge is 2.19.